The van der Waals surface area contributed by atoms with Crippen molar-refractivity contribution in [1.82, 2.24) is 14.7 Å². The second-order valence-electron chi connectivity index (χ2n) is 6.11. The first-order valence-corrected chi connectivity index (χ1v) is 7.07. The SMILES string of the molecule is CC(C)C(C(=O)O)([C@H]1CCN(C(=O)N(C)C)C1)N(C)C=O. The molecule has 1 aliphatic rings. The van der Waals surface area contributed by atoms with Crippen molar-refractivity contribution < 1.29 is 19.5 Å². The van der Waals surface area contributed by atoms with Crippen molar-refractivity contribution in [3.8, 4) is 0 Å². The van der Waals surface area contributed by atoms with Crippen LogP contribution in [0, 0.1) is 11.8 Å². The molecule has 0 bridgehead atoms. The van der Waals surface area contributed by atoms with Crippen molar-refractivity contribution in [3.63, 3.8) is 0 Å². The molecule has 7 heteroatoms. The lowest BCUT2D eigenvalue weighted by Crippen LogP contribution is -2.61. The first-order chi connectivity index (χ1) is 9.69. The van der Waals surface area contributed by atoms with Gasteiger partial charge in [0.15, 0.2) is 0 Å². The molecule has 0 saturated carbocycles. The van der Waals surface area contributed by atoms with Crippen LogP contribution < -0.4 is 0 Å². The number of aliphatic carboxylic acids is 1. The highest BCUT2D eigenvalue weighted by molar-refractivity contribution is 5.83. The number of amides is 3. The molecule has 1 heterocycles. The molecule has 2 atom stereocenters. The Morgan fingerprint density at radius 1 is 1.33 bits per heavy atom. The van der Waals surface area contributed by atoms with Crippen LogP contribution in [0.2, 0.25) is 0 Å². The van der Waals surface area contributed by atoms with E-state index in [1.165, 1.54) is 16.8 Å². The van der Waals surface area contributed by atoms with Gasteiger partial charge in [-0.2, -0.15) is 0 Å². The van der Waals surface area contributed by atoms with Gasteiger partial charge in [-0.3, -0.25) is 4.79 Å². The molecule has 1 fully saturated rings. The highest BCUT2D eigenvalue weighted by Crippen LogP contribution is 2.37. The molecule has 0 radical (unpaired) electrons. The molecule has 1 N–H and O–H groups in total. The lowest BCUT2D eigenvalue weighted by Gasteiger charge is -2.43. The van der Waals surface area contributed by atoms with Gasteiger partial charge in [-0.1, -0.05) is 13.8 Å². The number of hydrogen-bond donors (Lipinski definition) is 1. The Bertz CT molecular complexity index is 424. The van der Waals surface area contributed by atoms with Gasteiger partial charge in [0.2, 0.25) is 6.41 Å². The number of carbonyl (C=O) groups is 3. The number of nitrogens with zero attached hydrogens (tertiary/aromatic N) is 3. The summed E-state index contributed by atoms with van der Waals surface area (Å²) < 4.78 is 0. The Hall–Kier alpha value is -1.79. The van der Waals surface area contributed by atoms with E-state index in [1.54, 1.807) is 32.8 Å². The summed E-state index contributed by atoms with van der Waals surface area (Å²) in [4.78, 5) is 39.5. The van der Waals surface area contributed by atoms with Gasteiger partial charge in [-0.05, 0) is 12.3 Å². The summed E-state index contributed by atoms with van der Waals surface area (Å²) in [6, 6.07) is -0.130. The van der Waals surface area contributed by atoms with Crippen molar-refractivity contribution in [1.29, 1.82) is 0 Å². The Balaban J connectivity index is 3.10. The minimum atomic E-state index is -1.29. The summed E-state index contributed by atoms with van der Waals surface area (Å²) in [6.45, 7) is 4.45. The topological polar surface area (TPSA) is 81.2 Å². The molecule has 0 aromatic heterocycles. The van der Waals surface area contributed by atoms with Crippen LogP contribution >= 0.6 is 0 Å². The number of carboxylic acid groups (broad SMARTS) is 1. The lowest BCUT2D eigenvalue weighted by molar-refractivity contribution is -0.162. The number of hydrogen-bond acceptors (Lipinski definition) is 3. The van der Waals surface area contributed by atoms with Crippen molar-refractivity contribution in [2.45, 2.75) is 25.8 Å². The Morgan fingerprint density at radius 3 is 2.29 bits per heavy atom. The molecular weight excluding hydrogens is 274 g/mol. The van der Waals surface area contributed by atoms with E-state index in [4.69, 9.17) is 0 Å². The van der Waals surface area contributed by atoms with E-state index in [9.17, 15) is 19.5 Å². The number of likely N-dealkylation sites (N-methyl/N-ethyl adjacent to an activating group) is 1. The molecule has 0 aromatic carbocycles. The van der Waals surface area contributed by atoms with E-state index in [0.717, 1.165) is 0 Å². The zero-order valence-corrected chi connectivity index (χ0v) is 13.4. The standard InChI is InChI=1S/C14H25N3O4/c1-10(2)14(12(19)20,16(5)9-18)11-6-7-17(8-11)13(21)15(3)4/h9-11H,6-8H2,1-5H3,(H,19,20)/t11-,14?/m0/s1. The minimum Gasteiger partial charge on any atom is -0.479 e. The number of likely N-dealkylation sites (tertiary alicyclic amines) is 1. The van der Waals surface area contributed by atoms with Gasteiger partial charge in [0.25, 0.3) is 0 Å². The third-order valence-corrected chi connectivity index (χ3v) is 4.43. The molecule has 0 aliphatic carbocycles. The fourth-order valence-corrected chi connectivity index (χ4v) is 3.40. The van der Waals surface area contributed by atoms with E-state index in [-0.39, 0.29) is 17.9 Å². The number of carboxylic acids is 1. The van der Waals surface area contributed by atoms with Crippen molar-refractivity contribution >= 4 is 18.4 Å². The average Bonchev–Trinajstić information content (AvgIpc) is 2.86. The van der Waals surface area contributed by atoms with Crippen molar-refractivity contribution in [2.24, 2.45) is 11.8 Å². The van der Waals surface area contributed by atoms with E-state index >= 15 is 0 Å². The van der Waals surface area contributed by atoms with Crippen LogP contribution in [0.1, 0.15) is 20.3 Å². The number of rotatable bonds is 5. The molecule has 0 aromatic rings. The molecule has 1 aliphatic heterocycles. The zero-order valence-electron chi connectivity index (χ0n) is 13.4. The van der Waals surface area contributed by atoms with E-state index < -0.39 is 11.5 Å². The van der Waals surface area contributed by atoms with Gasteiger partial charge < -0.3 is 19.8 Å². The monoisotopic (exact) mass is 299 g/mol. The largest absolute Gasteiger partial charge is 0.479 e. The normalized spacial score (nSPS) is 21.0. The molecule has 0 spiro atoms. The molecule has 7 nitrogen and oxygen atoms in total. The van der Waals surface area contributed by atoms with Crippen molar-refractivity contribution in [2.75, 3.05) is 34.2 Å². The Kier molecular flexibility index (Phi) is 5.20. The minimum absolute atomic E-state index is 0.130. The van der Waals surface area contributed by atoms with E-state index in [2.05, 4.69) is 0 Å². The smallest absolute Gasteiger partial charge is 0.330 e. The van der Waals surface area contributed by atoms with Crippen molar-refractivity contribution in [3.05, 3.63) is 0 Å². The Labute approximate surface area is 125 Å². The summed E-state index contributed by atoms with van der Waals surface area (Å²) in [5.41, 5.74) is -1.29. The highest BCUT2D eigenvalue weighted by atomic mass is 16.4. The second-order valence-corrected chi connectivity index (χ2v) is 6.11. The third kappa shape index (κ3) is 2.82. The molecule has 21 heavy (non-hydrogen) atoms. The molecule has 3 amide bonds. The summed E-state index contributed by atoms with van der Waals surface area (Å²) >= 11 is 0. The molecule has 1 rings (SSSR count). The lowest BCUT2D eigenvalue weighted by atomic mass is 9.73. The van der Waals surface area contributed by atoms with Gasteiger partial charge in [0, 0.05) is 40.2 Å². The highest BCUT2D eigenvalue weighted by Gasteiger charge is 2.54. The maximum absolute atomic E-state index is 12.0. The van der Waals surface area contributed by atoms with Crippen LogP contribution in [-0.4, -0.2) is 78.0 Å². The maximum atomic E-state index is 12.0. The number of carbonyl (C=O) groups excluding carboxylic acids is 2. The van der Waals surface area contributed by atoms with Gasteiger partial charge in [0.1, 0.15) is 5.54 Å². The van der Waals surface area contributed by atoms with Crippen LogP contribution in [-0.2, 0) is 9.59 Å². The summed E-state index contributed by atoms with van der Waals surface area (Å²) in [6.07, 6.45) is 1.13. The van der Waals surface area contributed by atoms with Gasteiger partial charge in [0.05, 0.1) is 0 Å². The average molecular weight is 299 g/mol. The maximum Gasteiger partial charge on any atom is 0.330 e. The van der Waals surface area contributed by atoms with Crippen LogP contribution in [0.3, 0.4) is 0 Å². The quantitative estimate of drug-likeness (QED) is 0.752. The first-order valence-electron chi connectivity index (χ1n) is 7.07. The van der Waals surface area contributed by atoms with Gasteiger partial charge in [-0.15, -0.1) is 0 Å². The van der Waals surface area contributed by atoms with Crippen LogP contribution in [0.5, 0.6) is 0 Å². The molecule has 120 valence electrons. The molecule has 1 saturated heterocycles. The first kappa shape index (κ1) is 17.3. The molecule has 1 unspecified atom stereocenters. The molecular formula is C14H25N3O4. The van der Waals surface area contributed by atoms with Crippen LogP contribution in [0.4, 0.5) is 4.79 Å². The van der Waals surface area contributed by atoms with Gasteiger partial charge in [-0.25, -0.2) is 9.59 Å². The Morgan fingerprint density at radius 2 is 1.90 bits per heavy atom. The predicted octanol–water partition coefficient (Wildman–Crippen LogP) is 0.558. The van der Waals surface area contributed by atoms with E-state index in [1.807, 2.05) is 0 Å². The fourth-order valence-electron chi connectivity index (χ4n) is 3.40. The van der Waals surface area contributed by atoms with E-state index in [0.29, 0.717) is 25.9 Å². The summed E-state index contributed by atoms with van der Waals surface area (Å²) in [7, 11) is 4.83. The van der Waals surface area contributed by atoms with Gasteiger partial charge >= 0.3 is 12.0 Å². The summed E-state index contributed by atoms with van der Waals surface area (Å²) in [5.74, 6) is -1.56. The second kappa shape index (κ2) is 6.32. The van der Waals surface area contributed by atoms with Crippen LogP contribution in [0.25, 0.3) is 0 Å². The summed E-state index contributed by atoms with van der Waals surface area (Å²) in [5, 5.41) is 9.78. The predicted molar refractivity (Wildman–Crippen MR) is 77.8 cm³/mol. The van der Waals surface area contributed by atoms with Crippen LogP contribution in [0.15, 0.2) is 0 Å². The third-order valence-electron chi connectivity index (χ3n) is 4.43. The zero-order chi connectivity index (χ0) is 16.4. The number of urea groups is 1. The fraction of sp³-hybridized carbons (Fsp3) is 0.786.